The first-order valence-electron chi connectivity index (χ1n) is 7.49. The summed E-state index contributed by atoms with van der Waals surface area (Å²) in [5.74, 6) is -0.736. The monoisotopic (exact) mass is 348 g/mol. The lowest BCUT2D eigenvalue weighted by molar-refractivity contribution is -0.138. The number of hydrogen-bond acceptors (Lipinski definition) is 8. The van der Waals surface area contributed by atoms with Crippen molar-refractivity contribution >= 4 is 17.6 Å². The smallest absolute Gasteiger partial charge is 0.354 e. The van der Waals surface area contributed by atoms with Crippen molar-refractivity contribution < 1.29 is 28.5 Å². The summed E-state index contributed by atoms with van der Waals surface area (Å²) in [5, 5.41) is 12.1. The minimum atomic E-state index is -0.791. The highest BCUT2D eigenvalue weighted by Gasteiger charge is 2.17. The number of carbonyl (C=O) groups excluding carboxylic acids is 2. The Morgan fingerprint density at radius 3 is 2.20 bits per heavy atom. The predicted octanol–water partition coefficient (Wildman–Crippen LogP) is 2.00. The summed E-state index contributed by atoms with van der Waals surface area (Å²) in [6.07, 6.45) is 0.934. The molecule has 0 unspecified atom stereocenters. The zero-order valence-corrected chi connectivity index (χ0v) is 14.5. The second-order valence-corrected chi connectivity index (χ2v) is 4.52. The van der Waals surface area contributed by atoms with Crippen molar-refractivity contribution in [2.45, 2.75) is 13.8 Å². The normalized spacial score (nSPS) is 10.4. The van der Waals surface area contributed by atoms with E-state index in [1.54, 1.807) is 6.92 Å². The molecule has 1 aromatic rings. The van der Waals surface area contributed by atoms with E-state index < -0.39 is 11.9 Å². The minimum absolute atomic E-state index is 0.183. The number of esters is 2. The van der Waals surface area contributed by atoms with Crippen LogP contribution >= 0.6 is 0 Å². The lowest BCUT2D eigenvalue weighted by Gasteiger charge is -2.15. The number of carbonyl (C=O) groups is 2. The molecule has 0 saturated carbocycles. The van der Waals surface area contributed by atoms with Gasteiger partial charge in [-0.2, -0.15) is 5.26 Å². The van der Waals surface area contributed by atoms with Crippen molar-refractivity contribution in [3.05, 3.63) is 29.5 Å². The second-order valence-electron chi connectivity index (χ2n) is 4.52. The molecule has 0 aliphatic rings. The Labute approximate surface area is 145 Å². The zero-order chi connectivity index (χ0) is 18.8. The Balaban J connectivity index is 3.35. The number of methoxy groups -OCH3 is 2. The molecule has 0 aromatic heterocycles. The van der Waals surface area contributed by atoms with Gasteiger partial charge in [0.05, 0.1) is 44.8 Å². The van der Waals surface area contributed by atoms with E-state index in [1.165, 1.54) is 26.4 Å². The van der Waals surface area contributed by atoms with E-state index in [0.717, 1.165) is 6.08 Å². The molecule has 0 radical (unpaired) electrons. The van der Waals surface area contributed by atoms with E-state index >= 15 is 0 Å². The summed E-state index contributed by atoms with van der Waals surface area (Å²) >= 11 is 0. The predicted molar refractivity (Wildman–Crippen MR) is 89.2 cm³/mol. The molecule has 0 heterocycles. The topological polar surface area (TPSA) is 107 Å². The van der Waals surface area contributed by atoms with E-state index in [2.05, 4.69) is 14.8 Å². The molecule has 25 heavy (non-hydrogen) atoms. The molecular weight excluding hydrogens is 328 g/mol. The van der Waals surface area contributed by atoms with Gasteiger partial charge in [-0.15, -0.1) is 0 Å². The standard InChI is InChI=1S/C17H20N2O6/c1-5-24-14-7-11(10-18)12(8-15(14)25-6-2)19-13(17(21)23-4)9-16(20)22-3/h7-9,19H,5-6H2,1-4H3/b13-9+. The Bertz CT molecular complexity index is 706. The van der Waals surface area contributed by atoms with Crippen LogP contribution in [0.4, 0.5) is 5.69 Å². The van der Waals surface area contributed by atoms with Gasteiger partial charge in [0.15, 0.2) is 11.5 Å². The fourth-order valence-corrected chi connectivity index (χ4v) is 1.87. The van der Waals surface area contributed by atoms with Crippen LogP contribution in [0.3, 0.4) is 0 Å². The van der Waals surface area contributed by atoms with Gasteiger partial charge < -0.3 is 24.3 Å². The van der Waals surface area contributed by atoms with Gasteiger partial charge in [-0.3, -0.25) is 0 Å². The molecular formula is C17H20N2O6. The van der Waals surface area contributed by atoms with Gasteiger partial charge in [0.25, 0.3) is 0 Å². The molecule has 0 saturated heterocycles. The van der Waals surface area contributed by atoms with Crippen LogP contribution in [-0.2, 0) is 19.1 Å². The molecule has 0 aliphatic carbocycles. The Morgan fingerprint density at radius 1 is 1.12 bits per heavy atom. The largest absolute Gasteiger partial charge is 0.490 e. The first-order chi connectivity index (χ1) is 12.0. The highest BCUT2D eigenvalue weighted by molar-refractivity contribution is 5.99. The van der Waals surface area contributed by atoms with Crippen LogP contribution in [0.15, 0.2) is 23.9 Å². The van der Waals surface area contributed by atoms with Crippen molar-refractivity contribution in [2.24, 2.45) is 0 Å². The molecule has 1 N–H and O–H groups in total. The van der Waals surface area contributed by atoms with E-state index in [9.17, 15) is 14.9 Å². The Kier molecular flexibility index (Phi) is 7.79. The van der Waals surface area contributed by atoms with E-state index in [0.29, 0.717) is 24.7 Å². The average molecular weight is 348 g/mol. The van der Waals surface area contributed by atoms with E-state index in [4.69, 9.17) is 9.47 Å². The Morgan fingerprint density at radius 2 is 1.72 bits per heavy atom. The lowest BCUT2D eigenvalue weighted by Crippen LogP contribution is -2.16. The van der Waals surface area contributed by atoms with Gasteiger partial charge in [-0.25, -0.2) is 9.59 Å². The first kappa shape index (κ1) is 19.8. The maximum Gasteiger partial charge on any atom is 0.354 e. The summed E-state index contributed by atoms with van der Waals surface area (Å²) in [6.45, 7) is 4.39. The molecule has 1 aromatic carbocycles. The molecule has 0 spiro atoms. The molecule has 8 heteroatoms. The number of anilines is 1. The van der Waals surface area contributed by atoms with E-state index in [-0.39, 0.29) is 16.9 Å². The van der Waals surface area contributed by atoms with Crippen LogP contribution in [-0.4, -0.2) is 39.4 Å². The summed E-state index contributed by atoms with van der Waals surface area (Å²) in [7, 11) is 2.35. The van der Waals surface area contributed by atoms with Gasteiger partial charge in [-0.05, 0) is 13.8 Å². The summed E-state index contributed by atoms with van der Waals surface area (Å²) in [4.78, 5) is 23.3. The fourth-order valence-electron chi connectivity index (χ4n) is 1.87. The van der Waals surface area contributed by atoms with Crippen molar-refractivity contribution in [3.8, 4) is 17.6 Å². The van der Waals surface area contributed by atoms with Gasteiger partial charge in [0.2, 0.25) is 0 Å². The van der Waals surface area contributed by atoms with Crippen LogP contribution in [0.2, 0.25) is 0 Å². The highest BCUT2D eigenvalue weighted by atomic mass is 16.5. The molecule has 0 atom stereocenters. The molecule has 0 amide bonds. The molecule has 0 bridgehead atoms. The number of nitriles is 1. The molecule has 8 nitrogen and oxygen atoms in total. The number of benzene rings is 1. The van der Waals surface area contributed by atoms with Crippen molar-refractivity contribution in [1.82, 2.24) is 0 Å². The number of hydrogen-bond donors (Lipinski definition) is 1. The quantitative estimate of drug-likeness (QED) is 0.561. The first-order valence-corrected chi connectivity index (χ1v) is 7.49. The third-order valence-electron chi connectivity index (χ3n) is 2.94. The molecule has 1 rings (SSSR count). The maximum absolute atomic E-state index is 11.8. The molecule has 134 valence electrons. The van der Waals surface area contributed by atoms with Crippen LogP contribution in [0.1, 0.15) is 19.4 Å². The summed E-state index contributed by atoms with van der Waals surface area (Å²) in [5.41, 5.74) is 0.277. The SMILES string of the molecule is CCOc1cc(C#N)c(N/C(=C/C(=O)OC)C(=O)OC)cc1OCC. The van der Waals surface area contributed by atoms with Crippen LogP contribution in [0, 0.1) is 11.3 Å². The number of nitrogens with zero attached hydrogens (tertiary/aromatic N) is 1. The summed E-state index contributed by atoms with van der Waals surface area (Å²) < 4.78 is 20.1. The van der Waals surface area contributed by atoms with E-state index in [1.807, 2.05) is 13.0 Å². The number of rotatable bonds is 8. The second kappa shape index (κ2) is 9.82. The van der Waals surface area contributed by atoms with Gasteiger partial charge in [0, 0.05) is 12.1 Å². The van der Waals surface area contributed by atoms with Gasteiger partial charge >= 0.3 is 11.9 Å². The van der Waals surface area contributed by atoms with Crippen LogP contribution in [0.5, 0.6) is 11.5 Å². The third kappa shape index (κ3) is 5.42. The number of ether oxygens (including phenoxy) is 4. The average Bonchev–Trinajstić information content (AvgIpc) is 2.62. The Hall–Kier alpha value is -3.21. The third-order valence-corrected chi connectivity index (χ3v) is 2.94. The lowest BCUT2D eigenvalue weighted by atomic mass is 10.1. The highest BCUT2D eigenvalue weighted by Crippen LogP contribution is 2.34. The van der Waals surface area contributed by atoms with Crippen molar-refractivity contribution in [2.75, 3.05) is 32.8 Å². The van der Waals surface area contributed by atoms with Crippen molar-refractivity contribution in [3.63, 3.8) is 0 Å². The van der Waals surface area contributed by atoms with Crippen LogP contribution < -0.4 is 14.8 Å². The minimum Gasteiger partial charge on any atom is -0.490 e. The van der Waals surface area contributed by atoms with Gasteiger partial charge in [-0.1, -0.05) is 0 Å². The number of nitrogens with one attached hydrogen (secondary N) is 1. The maximum atomic E-state index is 11.8. The molecule has 0 fully saturated rings. The molecule has 0 aliphatic heterocycles. The zero-order valence-electron chi connectivity index (χ0n) is 14.5. The fraction of sp³-hybridized carbons (Fsp3) is 0.353. The van der Waals surface area contributed by atoms with Gasteiger partial charge in [0.1, 0.15) is 11.8 Å². The summed E-state index contributed by atoms with van der Waals surface area (Å²) in [6, 6.07) is 5.00. The van der Waals surface area contributed by atoms with Crippen molar-refractivity contribution in [1.29, 1.82) is 5.26 Å². The van der Waals surface area contributed by atoms with Crippen LogP contribution in [0.25, 0.3) is 0 Å².